The molecule has 1 amide bonds. The molecule has 0 radical (unpaired) electrons. The lowest BCUT2D eigenvalue weighted by atomic mass is 10.1. The summed E-state index contributed by atoms with van der Waals surface area (Å²) in [5, 5.41) is 0.988. The van der Waals surface area contributed by atoms with Crippen LogP contribution in [-0.2, 0) is 13.1 Å². The van der Waals surface area contributed by atoms with E-state index in [-0.39, 0.29) is 23.9 Å². The Morgan fingerprint density at radius 3 is 2.62 bits per heavy atom. The molecule has 1 aromatic heterocycles. The van der Waals surface area contributed by atoms with Crippen LogP contribution in [0.2, 0.25) is 10.0 Å². The first-order valence-corrected chi connectivity index (χ1v) is 10.1. The van der Waals surface area contributed by atoms with Crippen molar-refractivity contribution in [1.29, 1.82) is 0 Å². The number of rotatable bonds is 7. The van der Waals surface area contributed by atoms with Gasteiger partial charge in [0.15, 0.2) is 0 Å². The van der Waals surface area contributed by atoms with Crippen molar-refractivity contribution in [2.45, 2.75) is 26.9 Å². The Hall–Kier alpha value is -2.37. The monoisotopic (exact) mass is 433 g/mol. The van der Waals surface area contributed by atoms with E-state index in [9.17, 15) is 9.18 Å². The van der Waals surface area contributed by atoms with Crippen LogP contribution in [0.4, 0.5) is 4.39 Å². The first kappa shape index (κ1) is 21.3. The molecule has 0 unspecified atom stereocenters. The van der Waals surface area contributed by atoms with Crippen LogP contribution in [0.3, 0.4) is 0 Å². The molecule has 0 saturated heterocycles. The average molecular weight is 434 g/mol. The lowest BCUT2D eigenvalue weighted by molar-refractivity contribution is 0.0711. The lowest BCUT2D eigenvalue weighted by Gasteiger charge is -2.25. The van der Waals surface area contributed by atoms with Crippen molar-refractivity contribution in [3.05, 3.63) is 87.7 Å². The van der Waals surface area contributed by atoms with Gasteiger partial charge in [-0.15, -0.1) is 0 Å². The molecule has 2 aromatic carbocycles. The molecule has 4 nitrogen and oxygen atoms in total. The van der Waals surface area contributed by atoms with E-state index in [0.717, 1.165) is 5.56 Å². The number of aromatic nitrogens is 2. The molecular formula is C22H22Cl2FN3O. The van der Waals surface area contributed by atoms with Gasteiger partial charge in [-0.1, -0.05) is 55.2 Å². The van der Waals surface area contributed by atoms with E-state index in [2.05, 4.69) is 4.98 Å². The Balaban J connectivity index is 1.83. The molecule has 0 spiro atoms. The zero-order valence-corrected chi connectivity index (χ0v) is 17.8. The molecule has 3 aromatic rings. The first-order chi connectivity index (χ1) is 13.8. The molecule has 0 N–H and O–H groups in total. The summed E-state index contributed by atoms with van der Waals surface area (Å²) in [5.74, 6) is 0.0666. The molecule has 152 valence electrons. The Morgan fingerprint density at radius 1 is 1.17 bits per heavy atom. The number of halogens is 3. The number of carbonyl (C=O) groups is 1. The highest BCUT2D eigenvalue weighted by atomic mass is 35.5. The normalized spacial score (nSPS) is 11.1. The second-order valence-electron chi connectivity index (χ2n) is 7.28. The maximum absolute atomic E-state index is 14.2. The third-order valence-electron chi connectivity index (χ3n) is 4.45. The fourth-order valence-corrected chi connectivity index (χ4v) is 3.43. The smallest absolute Gasteiger partial charge is 0.257 e. The molecule has 0 bridgehead atoms. The lowest BCUT2D eigenvalue weighted by Crippen LogP contribution is -2.35. The van der Waals surface area contributed by atoms with Crippen molar-refractivity contribution in [3.8, 4) is 0 Å². The fraction of sp³-hybridized carbons (Fsp3) is 0.273. The van der Waals surface area contributed by atoms with E-state index in [0.29, 0.717) is 29.0 Å². The van der Waals surface area contributed by atoms with Gasteiger partial charge in [0.1, 0.15) is 11.6 Å². The molecule has 0 aliphatic heterocycles. The summed E-state index contributed by atoms with van der Waals surface area (Å²) in [5.41, 5.74) is 1.03. The topological polar surface area (TPSA) is 38.1 Å². The summed E-state index contributed by atoms with van der Waals surface area (Å²) in [7, 11) is 0. The zero-order valence-electron chi connectivity index (χ0n) is 16.3. The van der Waals surface area contributed by atoms with Crippen LogP contribution >= 0.6 is 23.2 Å². The molecule has 0 atom stereocenters. The van der Waals surface area contributed by atoms with Gasteiger partial charge in [-0.3, -0.25) is 4.79 Å². The van der Waals surface area contributed by atoms with Crippen LogP contribution in [0.1, 0.15) is 35.6 Å². The predicted octanol–water partition coefficient (Wildman–Crippen LogP) is 5.68. The number of carbonyl (C=O) groups excluding carboxylic acids is 1. The largest absolute Gasteiger partial charge is 0.331 e. The number of nitrogens with zero attached hydrogens (tertiary/aromatic N) is 3. The van der Waals surface area contributed by atoms with Gasteiger partial charge in [-0.2, -0.15) is 0 Å². The van der Waals surface area contributed by atoms with Crippen molar-refractivity contribution in [1.82, 2.24) is 14.5 Å². The van der Waals surface area contributed by atoms with Crippen molar-refractivity contribution < 1.29 is 9.18 Å². The summed E-state index contributed by atoms with van der Waals surface area (Å²) >= 11 is 12.1. The van der Waals surface area contributed by atoms with Crippen LogP contribution in [0, 0.1) is 11.7 Å². The fourth-order valence-electron chi connectivity index (χ4n) is 3.11. The predicted molar refractivity (Wildman–Crippen MR) is 114 cm³/mol. The average Bonchev–Trinajstić information content (AvgIpc) is 3.10. The van der Waals surface area contributed by atoms with Gasteiger partial charge in [0.05, 0.1) is 22.2 Å². The van der Waals surface area contributed by atoms with E-state index in [4.69, 9.17) is 23.2 Å². The zero-order chi connectivity index (χ0) is 21.0. The minimum Gasteiger partial charge on any atom is -0.331 e. The van der Waals surface area contributed by atoms with Crippen molar-refractivity contribution in [2.24, 2.45) is 5.92 Å². The Bertz CT molecular complexity index is 1000. The van der Waals surface area contributed by atoms with Crippen LogP contribution < -0.4 is 0 Å². The van der Waals surface area contributed by atoms with Gasteiger partial charge in [0.2, 0.25) is 0 Å². The maximum Gasteiger partial charge on any atom is 0.257 e. The molecule has 29 heavy (non-hydrogen) atoms. The molecule has 0 fully saturated rings. The highest BCUT2D eigenvalue weighted by molar-refractivity contribution is 6.42. The molecule has 0 aliphatic rings. The molecule has 1 heterocycles. The summed E-state index contributed by atoms with van der Waals surface area (Å²) < 4.78 is 16.1. The molecule has 0 aliphatic carbocycles. The molecular weight excluding hydrogens is 412 g/mol. The maximum atomic E-state index is 14.2. The van der Waals surface area contributed by atoms with Gasteiger partial charge in [0.25, 0.3) is 5.91 Å². The van der Waals surface area contributed by atoms with Gasteiger partial charge in [0, 0.05) is 25.5 Å². The van der Waals surface area contributed by atoms with Crippen molar-refractivity contribution in [2.75, 3.05) is 6.54 Å². The SMILES string of the molecule is CC(C)CN(Cc1nccn1Cc1ccc(Cl)c(Cl)c1)C(=O)c1ccccc1F. The number of hydrogen-bond donors (Lipinski definition) is 0. The summed E-state index contributed by atoms with van der Waals surface area (Å²) in [6.45, 7) is 5.34. The summed E-state index contributed by atoms with van der Waals surface area (Å²) in [6, 6.07) is 11.5. The van der Waals surface area contributed by atoms with E-state index in [1.54, 1.807) is 29.3 Å². The van der Waals surface area contributed by atoms with Crippen molar-refractivity contribution in [3.63, 3.8) is 0 Å². The van der Waals surface area contributed by atoms with E-state index in [1.165, 1.54) is 12.1 Å². The minimum atomic E-state index is -0.523. The van der Waals surface area contributed by atoms with Crippen LogP contribution in [0.5, 0.6) is 0 Å². The Kier molecular flexibility index (Phi) is 6.93. The second-order valence-corrected chi connectivity index (χ2v) is 8.09. The molecule has 7 heteroatoms. The number of hydrogen-bond acceptors (Lipinski definition) is 2. The number of imidazole rings is 1. The van der Waals surface area contributed by atoms with Gasteiger partial charge < -0.3 is 9.47 Å². The van der Waals surface area contributed by atoms with Gasteiger partial charge in [-0.25, -0.2) is 9.37 Å². The van der Waals surface area contributed by atoms with E-state index in [1.807, 2.05) is 36.7 Å². The highest BCUT2D eigenvalue weighted by Crippen LogP contribution is 2.23. The summed E-state index contributed by atoms with van der Waals surface area (Å²) in [4.78, 5) is 19.0. The Labute approximate surface area is 179 Å². The number of benzene rings is 2. The highest BCUT2D eigenvalue weighted by Gasteiger charge is 2.22. The quantitative estimate of drug-likeness (QED) is 0.480. The van der Waals surface area contributed by atoms with Gasteiger partial charge >= 0.3 is 0 Å². The molecule has 0 saturated carbocycles. The third kappa shape index (κ3) is 5.37. The van der Waals surface area contributed by atoms with Crippen LogP contribution in [0.15, 0.2) is 54.9 Å². The minimum absolute atomic E-state index is 0.0655. The molecule has 3 rings (SSSR count). The van der Waals surface area contributed by atoms with Crippen molar-refractivity contribution >= 4 is 29.1 Å². The van der Waals surface area contributed by atoms with Crippen LogP contribution in [0.25, 0.3) is 0 Å². The van der Waals surface area contributed by atoms with Gasteiger partial charge in [-0.05, 0) is 35.7 Å². The van der Waals surface area contributed by atoms with Crippen LogP contribution in [-0.4, -0.2) is 26.9 Å². The third-order valence-corrected chi connectivity index (χ3v) is 5.19. The van der Waals surface area contributed by atoms with E-state index < -0.39 is 5.82 Å². The first-order valence-electron chi connectivity index (χ1n) is 9.33. The number of amides is 1. The Morgan fingerprint density at radius 2 is 1.93 bits per heavy atom. The standard InChI is InChI=1S/C22H22Cl2FN3O/c1-15(2)12-28(22(29)17-5-3-4-6-20(17)25)14-21-26-9-10-27(21)13-16-7-8-18(23)19(24)11-16/h3-11,15H,12-14H2,1-2H3. The second kappa shape index (κ2) is 9.42. The van der Waals surface area contributed by atoms with E-state index >= 15 is 0 Å². The summed E-state index contributed by atoms with van der Waals surface area (Å²) in [6.07, 6.45) is 3.53.